The molecule has 0 amide bonds. The lowest BCUT2D eigenvalue weighted by Gasteiger charge is -2.09. The fourth-order valence-electron chi connectivity index (χ4n) is 1.94. The number of aryl methyl sites for hydroxylation is 1. The largest absolute Gasteiger partial charge is 0.340 e. The molecule has 1 N–H and O–H groups in total. The monoisotopic (exact) mass is 296 g/mol. The van der Waals surface area contributed by atoms with Gasteiger partial charge in [-0.15, -0.1) is 0 Å². The Kier molecular flexibility index (Phi) is 3.79. The first kappa shape index (κ1) is 13.5. The maximum absolute atomic E-state index is 6.09. The lowest BCUT2D eigenvalue weighted by molar-refractivity contribution is 1.14. The summed E-state index contributed by atoms with van der Waals surface area (Å²) in [7, 11) is 0. The molecule has 0 aliphatic heterocycles. The molecule has 0 atom stereocenters. The van der Waals surface area contributed by atoms with Crippen LogP contribution >= 0.6 is 11.6 Å². The molecule has 3 rings (SSSR count). The van der Waals surface area contributed by atoms with Crippen LogP contribution in [0.15, 0.2) is 54.7 Å². The highest BCUT2D eigenvalue weighted by atomic mass is 35.5. The summed E-state index contributed by atoms with van der Waals surface area (Å²) in [5, 5.41) is 3.64. The molecule has 4 nitrogen and oxygen atoms in total. The molecule has 0 saturated heterocycles. The van der Waals surface area contributed by atoms with E-state index in [2.05, 4.69) is 20.3 Å². The summed E-state index contributed by atoms with van der Waals surface area (Å²) in [5.41, 5.74) is 2.80. The molecular weight excluding hydrogens is 284 g/mol. The van der Waals surface area contributed by atoms with E-state index in [1.54, 1.807) is 12.3 Å². The van der Waals surface area contributed by atoms with Gasteiger partial charge in [0.25, 0.3) is 0 Å². The molecule has 0 fully saturated rings. The van der Waals surface area contributed by atoms with Crippen LogP contribution in [0.4, 0.5) is 11.5 Å². The van der Waals surface area contributed by atoms with E-state index in [0.29, 0.717) is 22.5 Å². The van der Waals surface area contributed by atoms with Crippen LogP contribution in [-0.2, 0) is 0 Å². The van der Waals surface area contributed by atoms with E-state index in [1.165, 1.54) is 0 Å². The van der Waals surface area contributed by atoms with Crippen LogP contribution < -0.4 is 5.32 Å². The normalized spacial score (nSPS) is 10.4. The molecule has 0 aliphatic rings. The third-order valence-corrected chi connectivity index (χ3v) is 3.19. The van der Waals surface area contributed by atoms with E-state index >= 15 is 0 Å². The van der Waals surface area contributed by atoms with Gasteiger partial charge in [0.2, 0.25) is 0 Å². The number of hydrogen-bond donors (Lipinski definition) is 1. The lowest BCUT2D eigenvalue weighted by Crippen LogP contribution is -1.99. The molecule has 1 aromatic carbocycles. The Labute approximate surface area is 127 Å². The smallest absolute Gasteiger partial charge is 0.181 e. The van der Waals surface area contributed by atoms with Gasteiger partial charge in [0, 0.05) is 18.0 Å². The summed E-state index contributed by atoms with van der Waals surface area (Å²) in [6.07, 6.45) is 1.70. The van der Waals surface area contributed by atoms with E-state index in [-0.39, 0.29) is 0 Å². The van der Waals surface area contributed by atoms with Gasteiger partial charge in [-0.3, -0.25) is 4.98 Å². The maximum Gasteiger partial charge on any atom is 0.181 e. The van der Waals surface area contributed by atoms with Crippen LogP contribution in [0.1, 0.15) is 5.56 Å². The van der Waals surface area contributed by atoms with Gasteiger partial charge in [-0.25, -0.2) is 9.97 Å². The predicted octanol–water partition coefficient (Wildman–Crippen LogP) is 4.24. The summed E-state index contributed by atoms with van der Waals surface area (Å²) in [5.74, 6) is 1.14. The van der Waals surface area contributed by atoms with Crippen molar-refractivity contribution in [1.82, 2.24) is 15.0 Å². The molecule has 2 heterocycles. The van der Waals surface area contributed by atoms with E-state index in [4.69, 9.17) is 11.6 Å². The quantitative estimate of drug-likeness (QED) is 0.734. The molecule has 0 saturated carbocycles. The minimum Gasteiger partial charge on any atom is -0.340 e. The maximum atomic E-state index is 6.09. The summed E-state index contributed by atoms with van der Waals surface area (Å²) >= 11 is 6.09. The Morgan fingerprint density at radius 1 is 1.00 bits per heavy atom. The molecule has 21 heavy (non-hydrogen) atoms. The van der Waals surface area contributed by atoms with Gasteiger partial charge in [0.1, 0.15) is 16.7 Å². The van der Waals surface area contributed by atoms with E-state index in [9.17, 15) is 0 Å². The second-order valence-electron chi connectivity index (χ2n) is 4.55. The number of pyridine rings is 1. The van der Waals surface area contributed by atoms with Crippen molar-refractivity contribution in [2.45, 2.75) is 6.92 Å². The number of aromatic nitrogens is 3. The first-order chi connectivity index (χ1) is 10.2. The Morgan fingerprint density at radius 3 is 2.57 bits per heavy atom. The minimum atomic E-state index is 0.377. The summed E-state index contributed by atoms with van der Waals surface area (Å²) in [6, 6.07) is 15.3. The van der Waals surface area contributed by atoms with E-state index in [0.717, 1.165) is 11.3 Å². The van der Waals surface area contributed by atoms with Crippen LogP contribution in [0.5, 0.6) is 0 Å². The van der Waals surface area contributed by atoms with Crippen molar-refractivity contribution in [3.8, 4) is 11.5 Å². The molecule has 0 unspecified atom stereocenters. The second kappa shape index (κ2) is 5.89. The van der Waals surface area contributed by atoms with Gasteiger partial charge in [-0.05, 0) is 30.7 Å². The number of rotatable bonds is 3. The molecule has 2 aromatic heterocycles. The molecule has 0 radical (unpaired) electrons. The van der Waals surface area contributed by atoms with Crippen LogP contribution in [0, 0.1) is 6.92 Å². The standard InChI is InChI=1S/C16H13ClN4/c1-11-6-2-3-7-12(11)19-15-10-14(17)20-16(21-15)13-8-4-5-9-18-13/h2-10H,1H3,(H,19,20,21). The number of benzene rings is 1. The van der Waals surface area contributed by atoms with E-state index < -0.39 is 0 Å². The van der Waals surface area contributed by atoms with Gasteiger partial charge < -0.3 is 5.32 Å². The van der Waals surface area contributed by atoms with Crippen LogP contribution in [0.25, 0.3) is 11.5 Å². The first-order valence-corrected chi connectivity index (χ1v) is 6.89. The van der Waals surface area contributed by atoms with Crippen molar-refractivity contribution in [3.05, 3.63) is 65.4 Å². The zero-order valence-electron chi connectivity index (χ0n) is 11.4. The highest BCUT2D eigenvalue weighted by Crippen LogP contribution is 2.23. The minimum absolute atomic E-state index is 0.377. The van der Waals surface area contributed by atoms with Crippen molar-refractivity contribution >= 4 is 23.1 Å². The Balaban J connectivity index is 1.97. The van der Waals surface area contributed by atoms with Crippen molar-refractivity contribution in [3.63, 3.8) is 0 Å². The number of halogens is 1. The highest BCUT2D eigenvalue weighted by molar-refractivity contribution is 6.29. The molecule has 5 heteroatoms. The third-order valence-electron chi connectivity index (χ3n) is 3.00. The number of anilines is 2. The lowest BCUT2D eigenvalue weighted by atomic mass is 10.2. The first-order valence-electron chi connectivity index (χ1n) is 6.51. The van der Waals surface area contributed by atoms with Gasteiger partial charge in [-0.2, -0.15) is 0 Å². The highest BCUT2D eigenvalue weighted by Gasteiger charge is 2.07. The number of nitrogens with one attached hydrogen (secondary N) is 1. The zero-order valence-corrected chi connectivity index (χ0v) is 12.2. The molecule has 104 valence electrons. The van der Waals surface area contributed by atoms with Crippen molar-refractivity contribution in [2.24, 2.45) is 0 Å². The average molecular weight is 297 g/mol. The Bertz CT molecular complexity index is 759. The SMILES string of the molecule is Cc1ccccc1Nc1cc(Cl)nc(-c2ccccn2)n1. The Hall–Kier alpha value is -2.46. The van der Waals surface area contributed by atoms with Crippen molar-refractivity contribution in [2.75, 3.05) is 5.32 Å². The van der Waals surface area contributed by atoms with Crippen LogP contribution in [0.2, 0.25) is 5.15 Å². The number of para-hydroxylation sites is 1. The van der Waals surface area contributed by atoms with Gasteiger partial charge in [0.15, 0.2) is 5.82 Å². The molecule has 0 aliphatic carbocycles. The third kappa shape index (κ3) is 3.17. The summed E-state index contributed by atoms with van der Waals surface area (Å²) in [6.45, 7) is 2.03. The fraction of sp³-hybridized carbons (Fsp3) is 0.0625. The molecular formula is C16H13ClN4. The molecule has 0 bridgehead atoms. The summed E-state index contributed by atoms with van der Waals surface area (Å²) in [4.78, 5) is 12.9. The topological polar surface area (TPSA) is 50.7 Å². The van der Waals surface area contributed by atoms with Gasteiger partial charge in [-0.1, -0.05) is 35.9 Å². The summed E-state index contributed by atoms with van der Waals surface area (Å²) < 4.78 is 0. The molecule has 0 spiro atoms. The van der Waals surface area contributed by atoms with Crippen molar-refractivity contribution < 1.29 is 0 Å². The average Bonchev–Trinajstić information content (AvgIpc) is 2.50. The van der Waals surface area contributed by atoms with Crippen molar-refractivity contribution in [1.29, 1.82) is 0 Å². The second-order valence-corrected chi connectivity index (χ2v) is 4.94. The van der Waals surface area contributed by atoms with Gasteiger partial charge >= 0.3 is 0 Å². The Morgan fingerprint density at radius 2 is 1.81 bits per heavy atom. The predicted molar refractivity (Wildman–Crippen MR) is 84.7 cm³/mol. The molecule has 3 aromatic rings. The van der Waals surface area contributed by atoms with Crippen LogP contribution in [-0.4, -0.2) is 15.0 Å². The van der Waals surface area contributed by atoms with E-state index in [1.807, 2.05) is 49.4 Å². The number of hydrogen-bond acceptors (Lipinski definition) is 4. The number of nitrogens with zero attached hydrogens (tertiary/aromatic N) is 3. The van der Waals surface area contributed by atoms with Crippen LogP contribution in [0.3, 0.4) is 0 Å². The zero-order chi connectivity index (χ0) is 14.7. The van der Waals surface area contributed by atoms with Gasteiger partial charge in [0.05, 0.1) is 0 Å². The fourth-order valence-corrected chi connectivity index (χ4v) is 2.13.